The quantitative estimate of drug-likeness (QED) is 0.748. The Balaban J connectivity index is 1.77. The first kappa shape index (κ1) is 17.2. The van der Waals surface area contributed by atoms with Gasteiger partial charge in [-0.2, -0.15) is 0 Å². The molecule has 27 heavy (non-hydrogen) atoms. The fourth-order valence-corrected chi connectivity index (χ4v) is 3.59. The van der Waals surface area contributed by atoms with Gasteiger partial charge in [0.15, 0.2) is 5.65 Å². The van der Waals surface area contributed by atoms with Crippen molar-refractivity contribution in [1.82, 2.24) is 15.0 Å². The van der Waals surface area contributed by atoms with Crippen LogP contribution in [0.15, 0.2) is 30.5 Å². The van der Waals surface area contributed by atoms with E-state index < -0.39 is 0 Å². The number of carbonyl (C=O) groups is 2. The van der Waals surface area contributed by atoms with E-state index in [0.717, 1.165) is 42.0 Å². The molecule has 0 bridgehead atoms. The van der Waals surface area contributed by atoms with Gasteiger partial charge in [0.05, 0.1) is 11.1 Å². The number of nitrogens with one attached hydrogen (secondary N) is 2. The number of carbonyl (C=O) groups excluding carboxylic acids is 2. The third-order valence-electron chi connectivity index (χ3n) is 4.81. The zero-order valence-electron chi connectivity index (χ0n) is 15.4. The highest BCUT2D eigenvalue weighted by molar-refractivity contribution is 6.13. The second kappa shape index (κ2) is 6.83. The number of rotatable bonds is 3. The Morgan fingerprint density at radius 1 is 1.30 bits per heavy atom. The predicted octanol–water partition coefficient (Wildman–Crippen LogP) is 3.07. The van der Waals surface area contributed by atoms with Crippen molar-refractivity contribution in [2.24, 2.45) is 0 Å². The van der Waals surface area contributed by atoms with Crippen LogP contribution in [0.5, 0.6) is 0 Å². The maximum atomic E-state index is 13.4. The second-order valence-electron chi connectivity index (χ2n) is 6.64. The molecule has 0 saturated carbocycles. The summed E-state index contributed by atoms with van der Waals surface area (Å²) in [6.07, 6.45) is 4.03. The number of imidazole rings is 1. The van der Waals surface area contributed by atoms with Crippen molar-refractivity contribution in [3.63, 3.8) is 0 Å². The topological polar surface area (TPSA) is 91.0 Å². The van der Waals surface area contributed by atoms with Crippen molar-refractivity contribution in [3.05, 3.63) is 47.4 Å². The van der Waals surface area contributed by atoms with E-state index in [2.05, 4.69) is 20.3 Å². The Kier molecular flexibility index (Phi) is 4.35. The number of hydrogen-bond donors (Lipinski definition) is 2. The molecule has 3 aromatic rings. The van der Waals surface area contributed by atoms with Crippen molar-refractivity contribution in [1.29, 1.82) is 0 Å². The number of benzene rings is 1. The highest BCUT2D eigenvalue weighted by atomic mass is 16.2. The minimum atomic E-state index is -0.118. The molecule has 1 aliphatic rings. The highest BCUT2D eigenvalue weighted by Gasteiger charge is 2.27. The summed E-state index contributed by atoms with van der Waals surface area (Å²) in [7, 11) is 0. The molecule has 1 aromatic carbocycles. The van der Waals surface area contributed by atoms with Gasteiger partial charge in [-0.15, -0.1) is 0 Å². The summed E-state index contributed by atoms with van der Waals surface area (Å²) in [5.41, 5.74) is 4.40. The van der Waals surface area contributed by atoms with Crippen molar-refractivity contribution in [2.75, 3.05) is 16.8 Å². The third-order valence-corrected chi connectivity index (χ3v) is 4.81. The third kappa shape index (κ3) is 3.05. The molecule has 0 aliphatic carbocycles. The molecule has 0 spiro atoms. The van der Waals surface area contributed by atoms with Crippen LogP contribution in [0.4, 0.5) is 11.4 Å². The van der Waals surface area contributed by atoms with Gasteiger partial charge in [0, 0.05) is 37.5 Å². The summed E-state index contributed by atoms with van der Waals surface area (Å²) in [6.45, 7) is 4.12. The van der Waals surface area contributed by atoms with Gasteiger partial charge in [-0.3, -0.25) is 9.59 Å². The molecule has 0 atom stereocenters. The Bertz CT molecular complexity index is 1040. The van der Waals surface area contributed by atoms with Crippen LogP contribution in [0, 0.1) is 0 Å². The van der Waals surface area contributed by atoms with E-state index in [1.165, 1.54) is 6.92 Å². The monoisotopic (exact) mass is 363 g/mol. The maximum Gasteiger partial charge on any atom is 0.260 e. The van der Waals surface area contributed by atoms with Gasteiger partial charge < -0.3 is 15.2 Å². The normalized spacial score (nSPS) is 13.5. The van der Waals surface area contributed by atoms with Gasteiger partial charge in [-0.05, 0) is 36.6 Å². The SMILES string of the molecule is CCc1nc2nccc(C(=O)N3CCCc4c(NC(C)=O)cccc43)c2[nH]1. The summed E-state index contributed by atoms with van der Waals surface area (Å²) in [5.74, 6) is 0.603. The second-order valence-corrected chi connectivity index (χ2v) is 6.64. The lowest BCUT2D eigenvalue weighted by atomic mass is 9.98. The van der Waals surface area contributed by atoms with E-state index in [1.807, 2.05) is 25.1 Å². The smallest absolute Gasteiger partial charge is 0.260 e. The van der Waals surface area contributed by atoms with E-state index in [9.17, 15) is 9.59 Å². The lowest BCUT2D eigenvalue weighted by Gasteiger charge is -2.31. The van der Waals surface area contributed by atoms with Gasteiger partial charge in [-0.1, -0.05) is 13.0 Å². The van der Waals surface area contributed by atoms with Crippen LogP contribution in [0.25, 0.3) is 11.2 Å². The standard InChI is InChI=1S/C20H21N5O2/c1-3-17-23-18-14(9-10-21-19(18)24-17)20(27)25-11-5-6-13-15(22-12(2)26)7-4-8-16(13)25/h4,7-10H,3,5-6,11H2,1-2H3,(H,22,26)(H,21,23,24). The highest BCUT2D eigenvalue weighted by Crippen LogP contribution is 2.34. The lowest BCUT2D eigenvalue weighted by molar-refractivity contribution is -0.114. The van der Waals surface area contributed by atoms with E-state index >= 15 is 0 Å². The summed E-state index contributed by atoms with van der Waals surface area (Å²) in [6, 6.07) is 7.40. The number of aromatic amines is 1. The molecule has 4 rings (SSSR count). The van der Waals surface area contributed by atoms with Gasteiger partial charge in [0.1, 0.15) is 5.82 Å². The van der Waals surface area contributed by atoms with Crippen molar-refractivity contribution < 1.29 is 9.59 Å². The van der Waals surface area contributed by atoms with Crippen LogP contribution in [0.1, 0.15) is 42.0 Å². The number of H-pyrrole nitrogens is 1. The van der Waals surface area contributed by atoms with E-state index in [1.54, 1.807) is 17.2 Å². The zero-order valence-corrected chi connectivity index (χ0v) is 15.4. The molecule has 1 aliphatic heterocycles. The molecule has 0 saturated heterocycles. The first-order valence-electron chi connectivity index (χ1n) is 9.13. The maximum absolute atomic E-state index is 13.4. The number of aromatic nitrogens is 3. The van der Waals surface area contributed by atoms with Crippen molar-refractivity contribution in [3.8, 4) is 0 Å². The average molecular weight is 363 g/mol. The number of aryl methyl sites for hydroxylation is 1. The Hall–Kier alpha value is -3.22. The molecule has 3 heterocycles. The molecule has 2 N–H and O–H groups in total. The fourth-order valence-electron chi connectivity index (χ4n) is 3.59. The van der Waals surface area contributed by atoms with Crippen LogP contribution in [0.2, 0.25) is 0 Å². The first-order valence-corrected chi connectivity index (χ1v) is 9.13. The van der Waals surface area contributed by atoms with Crippen LogP contribution < -0.4 is 10.2 Å². The van der Waals surface area contributed by atoms with E-state index in [0.29, 0.717) is 23.3 Å². The van der Waals surface area contributed by atoms with E-state index in [-0.39, 0.29) is 11.8 Å². The number of pyridine rings is 1. The van der Waals surface area contributed by atoms with Crippen LogP contribution in [-0.4, -0.2) is 33.3 Å². The molecule has 7 heteroatoms. The summed E-state index contributed by atoms with van der Waals surface area (Å²) < 4.78 is 0. The van der Waals surface area contributed by atoms with Crippen LogP contribution >= 0.6 is 0 Å². The average Bonchev–Trinajstić information content (AvgIpc) is 3.10. The van der Waals surface area contributed by atoms with Gasteiger partial charge in [0.2, 0.25) is 5.91 Å². The summed E-state index contributed by atoms with van der Waals surface area (Å²) in [4.78, 5) is 38.6. The number of nitrogens with zero attached hydrogens (tertiary/aromatic N) is 3. The molecule has 0 fully saturated rings. The van der Waals surface area contributed by atoms with E-state index in [4.69, 9.17) is 0 Å². The zero-order chi connectivity index (χ0) is 19.0. The number of fused-ring (bicyclic) bond motifs is 2. The predicted molar refractivity (Wildman–Crippen MR) is 104 cm³/mol. The summed E-state index contributed by atoms with van der Waals surface area (Å²) in [5, 5.41) is 2.87. The molecular formula is C20H21N5O2. The minimum Gasteiger partial charge on any atom is -0.340 e. The fraction of sp³-hybridized carbons (Fsp3) is 0.300. The van der Waals surface area contributed by atoms with Crippen LogP contribution in [-0.2, 0) is 17.6 Å². The molecule has 0 unspecified atom stereocenters. The molecule has 2 amide bonds. The number of amides is 2. The van der Waals surface area contributed by atoms with Gasteiger partial charge in [0.25, 0.3) is 5.91 Å². The molecule has 2 aromatic heterocycles. The largest absolute Gasteiger partial charge is 0.340 e. The summed E-state index contributed by atoms with van der Waals surface area (Å²) >= 11 is 0. The number of anilines is 2. The lowest BCUT2D eigenvalue weighted by Crippen LogP contribution is -2.36. The van der Waals surface area contributed by atoms with Gasteiger partial charge >= 0.3 is 0 Å². The van der Waals surface area contributed by atoms with Crippen molar-refractivity contribution in [2.45, 2.75) is 33.1 Å². The Labute approximate surface area is 156 Å². The van der Waals surface area contributed by atoms with Crippen LogP contribution in [0.3, 0.4) is 0 Å². The molecular weight excluding hydrogens is 342 g/mol. The Morgan fingerprint density at radius 3 is 2.93 bits per heavy atom. The Morgan fingerprint density at radius 2 is 2.15 bits per heavy atom. The molecule has 0 radical (unpaired) electrons. The van der Waals surface area contributed by atoms with Crippen molar-refractivity contribution >= 4 is 34.4 Å². The molecule has 138 valence electrons. The molecule has 7 nitrogen and oxygen atoms in total. The first-order chi connectivity index (χ1) is 13.1. The number of hydrogen-bond acceptors (Lipinski definition) is 4. The minimum absolute atomic E-state index is 0.0883. The van der Waals surface area contributed by atoms with Gasteiger partial charge in [-0.25, -0.2) is 9.97 Å².